The van der Waals surface area contributed by atoms with E-state index in [1.807, 2.05) is 0 Å². The Bertz CT molecular complexity index is 250. The highest BCUT2D eigenvalue weighted by atomic mass is 16.5. The maximum absolute atomic E-state index is 5.48. The van der Waals surface area contributed by atoms with Crippen LogP contribution < -0.4 is 15.8 Å². The predicted octanol–water partition coefficient (Wildman–Crippen LogP) is 0.109. The number of ether oxygens (including phenoxy) is 1. The van der Waals surface area contributed by atoms with Gasteiger partial charge in [0.1, 0.15) is 5.69 Å². The Morgan fingerprint density at radius 1 is 1.64 bits per heavy atom. The number of rotatable bonds is 2. The number of aromatic nitrogens is 2. The first-order valence-electron chi connectivity index (χ1n) is 3.12. The average molecular weight is 154 g/mol. The molecule has 1 heterocycles. The van der Waals surface area contributed by atoms with Gasteiger partial charge in [0.05, 0.1) is 13.3 Å². The maximum atomic E-state index is 5.48. The number of hydrogen-bond acceptors (Lipinski definition) is 5. The number of nitrogens with one attached hydrogen (secondary N) is 1. The number of nitrogen functional groups attached to an aromatic ring is 1. The van der Waals surface area contributed by atoms with Crippen LogP contribution in [-0.4, -0.2) is 24.1 Å². The first-order chi connectivity index (χ1) is 5.27. The van der Waals surface area contributed by atoms with E-state index >= 15 is 0 Å². The molecule has 1 aromatic heterocycles. The highest BCUT2D eigenvalue weighted by Crippen LogP contribution is 2.16. The zero-order chi connectivity index (χ0) is 8.27. The second kappa shape index (κ2) is 3.05. The van der Waals surface area contributed by atoms with Gasteiger partial charge in [0.2, 0.25) is 11.8 Å². The summed E-state index contributed by atoms with van der Waals surface area (Å²) in [6, 6.07) is 0. The summed E-state index contributed by atoms with van der Waals surface area (Å²) in [5.74, 6) is 0.889. The topological polar surface area (TPSA) is 73.1 Å². The number of nitrogens with two attached hydrogens (primary N) is 1. The standard InChI is InChI=1S/C6H10N4O/c1-8-6-9-3-4(7)5(10-6)11-2/h3H,7H2,1-2H3,(H,8,9,10). The van der Waals surface area contributed by atoms with Crippen LogP contribution in [0.1, 0.15) is 0 Å². The Hall–Kier alpha value is -1.52. The zero-order valence-corrected chi connectivity index (χ0v) is 6.46. The van der Waals surface area contributed by atoms with Crippen molar-refractivity contribution in [1.29, 1.82) is 0 Å². The molecule has 0 spiro atoms. The molecule has 0 fully saturated rings. The third kappa shape index (κ3) is 1.49. The van der Waals surface area contributed by atoms with Gasteiger partial charge in [-0.3, -0.25) is 0 Å². The quantitative estimate of drug-likeness (QED) is 0.632. The maximum Gasteiger partial charge on any atom is 0.241 e. The minimum absolute atomic E-state index is 0.393. The van der Waals surface area contributed by atoms with Gasteiger partial charge in [-0.1, -0.05) is 0 Å². The van der Waals surface area contributed by atoms with E-state index in [-0.39, 0.29) is 0 Å². The Balaban J connectivity index is 3.02. The smallest absolute Gasteiger partial charge is 0.241 e. The van der Waals surface area contributed by atoms with Crippen molar-refractivity contribution in [2.75, 3.05) is 25.2 Å². The van der Waals surface area contributed by atoms with Crippen molar-refractivity contribution < 1.29 is 4.74 Å². The molecular weight excluding hydrogens is 144 g/mol. The molecule has 0 amide bonds. The summed E-state index contributed by atoms with van der Waals surface area (Å²) in [6.07, 6.45) is 1.50. The molecule has 5 nitrogen and oxygen atoms in total. The Kier molecular flexibility index (Phi) is 2.10. The fraction of sp³-hybridized carbons (Fsp3) is 0.333. The van der Waals surface area contributed by atoms with E-state index in [4.69, 9.17) is 10.5 Å². The van der Waals surface area contributed by atoms with Gasteiger partial charge in [-0.2, -0.15) is 4.98 Å². The SMILES string of the molecule is CNc1ncc(N)c(OC)n1. The minimum Gasteiger partial charge on any atom is -0.479 e. The van der Waals surface area contributed by atoms with Crippen molar-refractivity contribution in [3.63, 3.8) is 0 Å². The van der Waals surface area contributed by atoms with Crippen LogP contribution in [0.5, 0.6) is 5.88 Å². The van der Waals surface area contributed by atoms with E-state index in [0.29, 0.717) is 17.5 Å². The summed E-state index contributed by atoms with van der Waals surface area (Å²) in [5, 5.41) is 2.77. The molecule has 60 valence electrons. The Labute approximate surface area is 64.6 Å². The Morgan fingerprint density at radius 3 is 2.91 bits per heavy atom. The molecule has 0 saturated carbocycles. The summed E-state index contributed by atoms with van der Waals surface area (Å²) in [4.78, 5) is 7.82. The van der Waals surface area contributed by atoms with Crippen LogP contribution in [0.15, 0.2) is 6.20 Å². The first kappa shape index (κ1) is 7.59. The van der Waals surface area contributed by atoms with Gasteiger partial charge in [-0.15, -0.1) is 0 Å². The van der Waals surface area contributed by atoms with Crippen LogP contribution in [0, 0.1) is 0 Å². The molecule has 0 unspecified atom stereocenters. The van der Waals surface area contributed by atoms with Gasteiger partial charge in [0.25, 0.3) is 0 Å². The van der Waals surface area contributed by atoms with E-state index in [1.165, 1.54) is 13.3 Å². The molecule has 0 atom stereocenters. The molecule has 0 aliphatic heterocycles. The van der Waals surface area contributed by atoms with Gasteiger partial charge in [0.15, 0.2) is 0 Å². The highest BCUT2D eigenvalue weighted by Gasteiger charge is 2.01. The van der Waals surface area contributed by atoms with Crippen molar-refractivity contribution in [3.8, 4) is 5.88 Å². The van der Waals surface area contributed by atoms with E-state index in [9.17, 15) is 0 Å². The predicted molar refractivity (Wildman–Crippen MR) is 42.5 cm³/mol. The van der Waals surface area contributed by atoms with Crippen LogP contribution in [0.2, 0.25) is 0 Å². The van der Waals surface area contributed by atoms with Crippen molar-refractivity contribution in [2.24, 2.45) is 0 Å². The number of methoxy groups -OCH3 is 1. The average Bonchev–Trinajstić information content (AvgIpc) is 2.05. The number of hydrogen-bond donors (Lipinski definition) is 2. The zero-order valence-electron chi connectivity index (χ0n) is 6.46. The number of nitrogens with zero attached hydrogens (tertiary/aromatic N) is 2. The molecule has 0 bridgehead atoms. The monoisotopic (exact) mass is 154 g/mol. The molecule has 5 heteroatoms. The second-order valence-corrected chi connectivity index (χ2v) is 1.91. The van der Waals surface area contributed by atoms with Gasteiger partial charge in [0, 0.05) is 7.05 Å². The Morgan fingerprint density at radius 2 is 2.36 bits per heavy atom. The molecule has 0 aliphatic carbocycles. The molecule has 0 saturated heterocycles. The molecule has 0 aromatic carbocycles. The molecular formula is C6H10N4O. The van der Waals surface area contributed by atoms with Crippen molar-refractivity contribution >= 4 is 11.6 Å². The fourth-order valence-corrected chi connectivity index (χ4v) is 0.659. The van der Waals surface area contributed by atoms with E-state index in [1.54, 1.807) is 7.05 Å². The second-order valence-electron chi connectivity index (χ2n) is 1.91. The number of anilines is 2. The molecule has 11 heavy (non-hydrogen) atoms. The highest BCUT2D eigenvalue weighted by molar-refractivity contribution is 5.48. The van der Waals surface area contributed by atoms with Crippen molar-refractivity contribution in [2.45, 2.75) is 0 Å². The minimum atomic E-state index is 0.393. The third-order valence-corrected chi connectivity index (χ3v) is 1.20. The van der Waals surface area contributed by atoms with E-state index < -0.39 is 0 Å². The lowest BCUT2D eigenvalue weighted by Crippen LogP contribution is -2.01. The summed E-state index contributed by atoms with van der Waals surface area (Å²) < 4.78 is 4.87. The molecule has 0 radical (unpaired) electrons. The van der Waals surface area contributed by atoms with Gasteiger partial charge < -0.3 is 15.8 Å². The summed E-state index contributed by atoms with van der Waals surface area (Å²) in [6.45, 7) is 0. The summed E-state index contributed by atoms with van der Waals surface area (Å²) >= 11 is 0. The lowest BCUT2D eigenvalue weighted by atomic mass is 10.5. The van der Waals surface area contributed by atoms with Gasteiger partial charge in [-0.25, -0.2) is 4.98 Å². The fourth-order valence-electron chi connectivity index (χ4n) is 0.659. The lowest BCUT2D eigenvalue weighted by Gasteiger charge is -2.03. The van der Waals surface area contributed by atoms with Gasteiger partial charge in [-0.05, 0) is 0 Å². The molecule has 1 rings (SSSR count). The molecule has 0 aliphatic rings. The van der Waals surface area contributed by atoms with Crippen LogP contribution in [0.25, 0.3) is 0 Å². The van der Waals surface area contributed by atoms with Crippen LogP contribution in [0.4, 0.5) is 11.6 Å². The van der Waals surface area contributed by atoms with Crippen molar-refractivity contribution in [3.05, 3.63) is 6.20 Å². The van der Waals surface area contributed by atoms with Crippen LogP contribution in [0.3, 0.4) is 0 Å². The lowest BCUT2D eigenvalue weighted by molar-refractivity contribution is 0.400. The summed E-state index contributed by atoms with van der Waals surface area (Å²) in [5.41, 5.74) is 5.91. The summed E-state index contributed by atoms with van der Waals surface area (Å²) in [7, 11) is 3.24. The van der Waals surface area contributed by atoms with Crippen molar-refractivity contribution in [1.82, 2.24) is 9.97 Å². The molecule has 3 N–H and O–H groups in total. The third-order valence-electron chi connectivity index (χ3n) is 1.20. The largest absolute Gasteiger partial charge is 0.479 e. The van der Waals surface area contributed by atoms with Crippen LogP contribution in [-0.2, 0) is 0 Å². The van der Waals surface area contributed by atoms with Crippen LogP contribution >= 0.6 is 0 Å². The first-order valence-corrected chi connectivity index (χ1v) is 3.12. The normalized spacial score (nSPS) is 9.27. The van der Waals surface area contributed by atoms with E-state index in [0.717, 1.165) is 0 Å². The van der Waals surface area contributed by atoms with Gasteiger partial charge >= 0.3 is 0 Å². The molecule has 1 aromatic rings. The van der Waals surface area contributed by atoms with E-state index in [2.05, 4.69) is 15.3 Å².